The number of rotatable bonds is 4. The number of nitrogens with two attached hydrogens (primary N) is 1. The second kappa shape index (κ2) is 6.92. The third kappa shape index (κ3) is 4.12. The van der Waals surface area contributed by atoms with Crippen molar-refractivity contribution in [1.82, 2.24) is 0 Å². The Labute approximate surface area is 120 Å². The summed E-state index contributed by atoms with van der Waals surface area (Å²) in [5.74, 6) is 0.00814. The van der Waals surface area contributed by atoms with Crippen LogP contribution in [0.4, 0.5) is 5.69 Å². The topological polar surface area (TPSA) is 89.4 Å². The van der Waals surface area contributed by atoms with Crippen molar-refractivity contribution < 1.29 is 10.0 Å². The molecule has 7 heteroatoms. The van der Waals surface area contributed by atoms with E-state index in [2.05, 4.69) is 15.9 Å². The number of phenolic OH excluding ortho intramolecular Hbond substituents is 1. The van der Waals surface area contributed by atoms with E-state index in [9.17, 15) is 15.2 Å². The highest BCUT2D eigenvalue weighted by atomic mass is 79.9. The smallest absolute Gasteiger partial charge is 0.312 e. The van der Waals surface area contributed by atoms with Gasteiger partial charge < -0.3 is 10.8 Å². The Kier molecular flexibility index (Phi) is 6.59. The van der Waals surface area contributed by atoms with Crippen LogP contribution in [0.15, 0.2) is 16.6 Å². The first-order valence-electron chi connectivity index (χ1n) is 5.25. The van der Waals surface area contributed by atoms with E-state index in [4.69, 9.17) is 5.73 Å². The molecule has 0 radical (unpaired) electrons. The Bertz CT molecular complexity index is 441. The van der Waals surface area contributed by atoms with Gasteiger partial charge in [0, 0.05) is 22.1 Å². The second-order valence-corrected chi connectivity index (χ2v) is 5.27. The van der Waals surface area contributed by atoms with Crippen LogP contribution in [-0.2, 0) is 0 Å². The summed E-state index contributed by atoms with van der Waals surface area (Å²) in [6, 6.07) is 2.47. The van der Waals surface area contributed by atoms with Crippen molar-refractivity contribution in [2.75, 3.05) is 0 Å². The average molecular weight is 340 g/mol. The molecule has 0 aromatic heterocycles. The number of nitrogens with zero attached hydrogens (tertiary/aromatic N) is 1. The number of hydrogen-bond acceptors (Lipinski definition) is 4. The van der Waals surface area contributed by atoms with Crippen molar-refractivity contribution in [1.29, 1.82) is 0 Å². The number of halogens is 2. The van der Waals surface area contributed by atoms with Crippen molar-refractivity contribution in [3.63, 3.8) is 0 Å². The maximum atomic E-state index is 10.8. The van der Waals surface area contributed by atoms with Gasteiger partial charge in [-0.15, -0.1) is 12.4 Å². The third-order valence-corrected chi connectivity index (χ3v) is 2.86. The van der Waals surface area contributed by atoms with E-state index < -0.39 is 11.0 Å². The van der Waals surface area contributed by atoms with Gasteiger partial charge in [0.25, 0.3) is 0 Å². The molecule has 0 aliphatic rings. The summed E-state index contributed by atoms with van der Waals surface area (Å²) in [6.07, 6.45) is 0.654. The van der Waals surface area contributed by atoms with Gasteiger partial charge in [-0.05, 0) is 18.4 Å². The molecule has 0 heterocycles. The first-order chi connectivity index (χ1) is 7.82. The van der Waals surface area contributed by atoms with Crippen LogP contribution in [0.5, 0.6) is 5.75 Å². The van der Waals surface area contributed by atoms with Gasteiger partial charge in [0.2, 0.25) is 0 Å². The fourth-order valence-electron chi connectivity index (χ4n) is 1.66. The molecular weight excluding hydrogens is 323 g/mol. The Hall–Kier alpha value is -0.850. The highest BCUT2D eigenvalue weighted by molar-refractivity contribution is 9.10. The minimum atomic E-state index is -0.619. The maximum Gasteiger partial charge on any atom is 0.312 e. The van der Waals surface area contributed by atoms with E-state index in [1.54, 1.807) is 6.07 Å². The fraction of sp³-hybridized carbons (Fsp3) is 0.455. The molecule has 0 bridgehead atoms. The molecule has 3 N–H and O–H groups in total. The summed E-state index contributed by atoms with van der Waals surface area (Å²) in [7, 11) is 0. The Morgan fingerprint density at radius 3 is 2.50 bits per heavy atom. The summed E-state index contributed by atoms with van der Waals surface area (Å²) in [5, 5.41) is 20.6. The summed E-state index contributed by atoms with van der Waals surface area (Å²) in [4.78, 5) is 10.1. The van der Waals surface area contributed by atoms with Gasteiger partial charge >= 0.3 is 5.69 Å². The van der Waals surface area contributed by atoms with Gasteiger partial charge in [0.05, 0.1) is 4.92 Å². The zero-order valence-electron chi connectivity index (χ0n) is 10.1. The molecular formula is C11H16BrClN2O3. The standard InChI is InChI=1S/C11H15BrN2O3.ClH/c1-6(2)3-9(13)8-4-7(12)5-10(11(8)15)14(16)17;/h4-6,9,15H,3,13H2,1-2H3;1H/t9-;/m1./s1. The van der Waals surface area contributed by atoms with Crippen LogP contribution in [0.2, 0.25) is 0 Å². The molecule has 0 saturated carbocycles. The molecule has 102 valence electrons. The van der Waals surface area contributed by atoms with Crippen LogP contribution in [0.25, 0.3) is 0 Å². The van der Waals surface area contributed by atoms with E-state index in [1.165, 1.54) is 6.07 Å². The third-order valence-electron chi connectivity index (χ3n) is 2.41. The largest absolute Gasteiger partial charge is 0.502 e. The predicted molar refractivity (Wildman–Crippen MR) is 76.1 cm³/mol. The number of benzene rings is 1. The van der Waals surface area contributed by atoms with Gasteiger partial charge in [-0.2, -0.15) is 0 Å². The van der Waals surface area contributed by atoms with Crippen LogP contribution in [-0.4, -0.2) is 10.0 Å². The quantitative estimate of drug-likeness (QED) is 0.648. The van der Waals surface area contributed by atoms with Gasteiger partial charge in [0.15, 0.2) is 5.75 Å². The first kappa shape index (κ1) is 17.2. The molecule has 5 nitrogen and oxygen atoms in total. The lowest BCUT2D eigenvalue weighted by molar-refractivity contribution is -0.386. The van der Waals surface area contributed by atoms with Gasteiger partial charge in [-0.1, -0.05) is 29.8 Å². The molecule has 1 aromatic carbocycles. The van der Waals surface area contributed by atoms with E-state index in [1.807, 2.05) is 13.8 Å². The molecule has 1 rings (SSSR count). The first-order valence-corrected chi connectivity index (χ1v) is 6.04. The van der Waals surface area contributed by atoms with Crippen LogP contribution < -0.4 is 5.73 Å². The molecule has 0 amide bonds. The number of nitro benzene ring substituents is 1. The molecule has 0 unspecified atom stereocenters. The van der Waals surface area contributed by atoms with Crippen LogP contribution in [0.3, 0.4) is 0 Å². The predicted octanol–water partition coefficient (Wildman–Crippen LogP) is 3.53. The number of phenols is 1. The molecule has 0 fully saturated rings. The van der Waals surface area contributed by atoms with Crippen LogP contribution in [0.1, 0.15) is 31.9 Å². The van der Waals surface area contributed by atoms with E-state index >= 15 is 0 Å². The zero-order chi connectivity index (χ0) is 13.2. The highest BCUT2D eigenvalue weighted by Gasteiger charge is 2.22. The monoisotopic (exact) mass is 338 g/mol. The Morgan fingerprint density at radius 2 is 2.06 bits per heavy atom. The minimum Gasteiger partial charge on any atom is -0.502 e. The SMILES string of the molecule is CC(C)C[C@@H](N)c1cc(Br)cc([N+](=O)[O-])c1O.Cl. The van der Waals surface area contributed by atoms with Crippen molar-refractivity contribution in [3.05, 3.63) is 32.3 Å². The Balaban J connectivity index is 0.00000289. The van der Waals surface area contributed by atoms with Gasteiger partial charge in [0.1, 0.15) is 0 Å². The van der Waals surface area contributed by atoms with Crippen molar-refractivity contribution in [2.45, 2.75) is 26.3 Å². The lowest BCUT2D eigenvalue weighted by Gasteiger charge is -2.16. The fourth-order valence-corrected chi connectivity index (χ4v) is 2.13. The summed E-state index contributed by atoms with van der Waals surface area (Å²) in [5.41, 5.74) is 6.01. The summed E-state index contributed by atoms with van der Waals surface area (Å²) in [6.45, 7) is 4.01. The van der Waals surface area contributed by atoms with Gasteiger partial charge in [-0.25, -0.2) is 0 Å². The van der Waals surface area contributed by atoms with Crippen LogP contribution >= 0.6 is 28.3 Å². The van der Waals surface area contributed by atoms with Crippen molar-refractivity contribution >= 4 is 34.0 Å². The van der Waals surface area contributed by atoms with E-state index in [0.717, 1.165) is 0 Å². The normalized spacial score (nSPS) is 12.1. The van der Waals surface area contributed by atoms with E-state index in [-0.39, 0.29) is 23.8 Å². The summed E-state index contributed by atoms with van der Waals surface area (Å²) < 4.78 is 0.538. The Morgan fingerprint density at radius 1 is 1.50 bits per heavy atom. The molecule has 1 atom stereocenters. The molecule has 18 heavy (non-hydrogen) atoms. The van der Waals surface area contributed by atoms with Crippen molar-refractivity contribution in [2.24, 2.45) is 11.7 Å². The number of aromatic hydroxyl groups is 1. The van der Waals surface area contributed by atoms with Crippen molar-refractivity contribution in [3.8, 4) is 5.75 Å². The van der Waals surface area contributed by atoms with Gasteiger partial charge in [-0.3, -0.25) is 10.1 Å². The lowest BCUT2D eigenvalue weighted by Crippen LogP contribution is -2.13. The number of hydrogen-bond donors (Lipinski definition) is 2. The zero-order valence-corrected chi connectivity index (χ0v) is 12.5. The summed E-state index contributed by atoms with van der Waals surface area (Å²) >= 11 is 3.18. The van der Waals surface area contributed by atoms with E-state index in [0.29, 0.717) is 22.4 Å². The number of nitro groups is 1. The molecule has 0 spiro atoms. The molecule has 1 aromatic rings. The minimum absolute atomic E-state index is 0. The molecule has 0 aliphatic carbocycles. The highest BCUT2D eigenvalue weighted by Crippen LogP contribution is 2.37. The molecule has 0 aliphatic heterocycles. The second-order valence-electron chi connectivity index (χ2n) is 4.36. The average Bonchev–Trinajstić information content (AvgIpc) is 2.19. The maximum absolute atomic E-state index is 10.8. The van der Waals surface area contributed by atoms with Crippen LogP contribution in [0, 0.1) is 16.0 Å². The molecule has 0 saturated heterocycles. The lowest BCUT2D eigenvalue weighted by atomic mass is 9.97.